The molecule has 176 valence electrons. The molecule has 0 fully saturated rings. The predicted octanol–water partition coefficient (Wildman–Crippen LogP) is 5.88. The normalized spacial score (nSPS) is 10.6. The number of rotatable bonds is 10. The van der Waals surface area contributed by atoms with Crippen LogP contribution >= 0.6 is 11.6 Å². The van der Waals surface area contributed by atoms with E-state index in [0.717, 1.165) is 5.56 Å². The van der Waals surface area contributed by atoms with E-state index in [1.54, 1.807) is 36.4 Å². The van der Waals surface area contributed by atoms with Crippen LogP contribution in [0.3, 0.4) is 0 Å². The number of nitrogens with zero attached hydrogens (tertiary/aromatic N) is 1. The summed E-state index contributed by atoms with van der Waals surface area (Å²) in [6.07, 6.45) is 6.68. The van der Waals surface area contributed by atoms with Gasteiger partial charge < -0.3 is 19.5 Å². The van der Waals surface area contributed by atoms with Gasteiger partial charge in [0.2, 0.25) is 0 Å². The SMILES string of the molecule is C#CCOc1c(Cl)cc(/C=C(\C#N)C(=O)Nc2ccc(OCc3ccccc3)cc2)cc1OCC. The second-order valence-electron chi connectivity index (χ2n) is 7.18. The molecule has 0 aliphatic rings. The van der Waals surface area contributed by atoms with Gasteiger partial charge in [-0.2, -0.15) is 5.26 Å². The summed E-state index contributed by atoms with van der Waals surface area (Å²) >= 11 is 6.32. The Morgan fingerprint density at radius 1 is 1.09 bits per heavy atom. The van der Waals surface area contributed by atoms with Crippen LogP contribution in [0.15, 0.2) is 72.3 Å². The molecule has 0 aliphatic carbocycles. The van der Waals surface area contributed by atoms with E-state index < -0.39 is 5.91 Å². The molecule has 0 spiro atoms. The summed E-state index contributed by atoms with van der Waals surface area (Å²) in [7, 11) is 0. The van der Waals surface area contributed by atoms with Gasteiger partial charge in [0.15, 0.2) is 11.5 Å². The zero-order chi connectivity index (χ0) is 25.0. The summed E-state index contributed by atoms with van der Waals surface area (Å²) in [6.45, 7) is 2.64. The maximum Gasteiger partial charge on any atom is 0.266 e. The molecular weight excluding hydrogens is 464 g/mol. The van der Waals surface area contributed by atoms with Crippen LogP contribution in [0.1, 0.15) is 18.1 Å². The lowest BCUT2D eigenvalue weighted by Gasteiger charge is -2.13. The Morgan fingerprint density at radius 2 is 1.83 bits per heavy atom. The number of amides is 1. The molecule has 1 amide bonds. The zero-order valence-corrected chi connectivity index (χ0v) is 19.8. The molecule has 0 radical (unpaired) electrons. The Balaban J connectivity index is 1.70. The highest BCUT2D eigenvalue weighted by Crippen LogP contribution is 2.37. The highest BCUT2D eigenvalue weighted by Gasteiger charge is 2.15. The maximum absolute atomic E-state index is 12.7. The molecule has 0 heterocycles. The zero-order valence-electron chi connectivity index (χ0n) is 19.1. The van der Waals surface area contributed by atoms with Gasteiger partial charge in [-0.1, -0.05) is 47.9 Å². The molecule has 6 nitrogen and oxygen atoms in total. The minimum absolute atomic E-state index is 0.0247. The molecule has 3 aromatic carbocycles. The molecule has 0 aromatic heterocycles. The van der Waals surface area contributed by atoms with Gasteiger partial charge in [0.05, 0.1) is 11.6 Å². The summed E-state index contributed by atoms with van der Waals surface area (Å²) < 4.78 is 16.8. The molecule has 0 aliphatic heterocycles. The van der Waals surface area contributed by atoms with Gasteiger partial charge in [0.25, 0.3) is 5.91 Å². The molecule has 1 N–H and O–H groups in total. The number of terminal acetylenes is 1. The van der Waals surface area contributed by atoms with E-state index in [1.807, 2.05) is 43.3 Å². The second kappa shape index (κ2) is 12.7. The van der Waals surface area contributed by atoms with Crippen molar-refractivity contribution >= 4 is 29.3 Å². The largest absolute Gasteiger partial charge is 0.490 e. The highest BCUT2D eigenvalue weighted by molar-refractivity contribution is 6.32. The third-order valence-electron chi connectivity index (χ3n) is 4.67. The smallest absolute Gasteiger partial charge is 0.266 e. The Kier molecular flexibility index (Phi) is 9.19. The van der Waals surface area contributed by atoms with Gasteiger partial charge in [0, 0.05) is 5.69 Å². The molecule has 3 aromatic rings. The Labute approximate surface area is 209 Å². The highest BCUT2D eigenvalue weighted by atomic mass is 35.5. The lowest BCUT2D eigenvalue weighted by molar-refractivity contribution is -0.112. The molecule has 0 bridgehead atoms. The van der Waals surface area contributed by atoms with Crippen LogP contribution in [-0.2, 0) is 11.4 Å². The van der Waals surface area contributed by atoms with Crippen molar-refractivity contribution in [2.45, 2.75) is 13.5 Å². The van der Waals surface area contributed by atoms with E-state index in [-0.39, 0.29) is 17.2 Å². The van der Waals surface area contributed by atoms with Crippen molar-refractivity contribution < 1.29 is 19.0 Å². The van der Waals surface area contributed by atoms with Crippen molar-refractivity contribution in [3.05, 3.63) is 88.5 Å². The summed E-state index contributed by atoms with van der Waals surface area (Å²) in [4.78, 5) is 12.7. The number of nitriles is 1. The van der Waals surface area contributed by atoms with Crippen LogP contribution in [0.4, 0.5) is 5.69 Å². The molecule has 3 rings (SSSR count). The quantitative estimate of drug-likeness (QED) is 0.220. The van der Waals surface area contributed by atoms with Gasteiger partial charge >= 0.3 is 0 Å². The molecule has 35 heavy (non-hydrogen) atoms. The van der Waals surface area contributed by atoms with Crippen LogP contribution in [-0.4, -0.2) is 19.1 Å². The minimum atomic E-state index is -0.563. The van der Waals surface area contributed by atoms with Crippen molar-refractivity contribution in [2.75, 3.05) is 18.5 Å². The first-order chi connectivity index (χ1) is 17.0. The fraction of sp³-hybridized carbons (Fsp3) is 0.143. The van der Waals surface area contributed by atoms with E-state index >= 15 is 0 Å². The molecule has 7 heteroatoms. The summed E-state index contributed by atoms with van der Waals surface area (Å²) in [5, 5.41) is 12.5. The van der Waals surface area contributed by atoms with E-state index in [4.69, 9.17) is 32.2 Å². The number of halogens is 1. The predicted molar refractivity (Wildman–Crippen MR) is 136 cm³/mol. The standard InChI is InChI=1S/C28H23ClN2O4/c1-3-14-34-27-25(29)16-21(17-26(27)33-4-2)15-22(18-30)28(32)31-23-10-12-24(13-11-23)35-19-20-8-6-5-7-9-20/h1,5-13,15-17H,4,14,19H2,2H3,(H,31,32)/b22-15+. The van der Waals surface area contributed by atoms with Crippen LogP contribution in [0.5, 0.6) is 17.2 Å². The average Bonchev–Trinajstić information content (AvgIpc) is 2.87. The van der Waals surface area contributed by atoms with Crippen molar-refractivity contribution in [3.8, 4) is 35.7 Å². The monoisotopic (exact) mass is 486 g/mol. The lowest BCUT2D eigenvalue weighted by Crippen LogP contribution is -2.13. The Bertz CT molecular complexity index is 1270. The van der Waals surface area contributed by atoms with Crippen molar-refractivity contribution in [1.29, 1.82) is 5.26 Å². The topological polar surface area (TPSA) is 80.6 Å². The fourth-order valence-electron chi connectivity index (χ4n) is 3.08. The number of benzene rings is 3. The number of carbonyl (C=O) groups excluding carboxylic acids is 1. The van der Waals surface area contributed by atoms with E-state index in [2.05, 4.69) is 11.2 Å². The van der Waals surface area contributed by atoms with Crippen LogP contribution in [0, 0.1) is 23.7 Å². The number of anilines is 1. The number of carbonyl (C=O) groups is 1. The van der Waals surface area contributed by atoms with Crippen LogP contribution in [0.25, 0.3) is 6.08 Å². The van der Waals surface area contributed by atoms with Crippen LogP contribution < -0.4 is 19.5 Å². The second-order valence-corrected chi connectivity index (χ2v) is 7.59. The molecular formula is C28H23ClN2O4. The minimum Gasteiger partial charge on any atom is -0.490 e. The van der Waals surface area contributed by atoms with Gasteiger partial charge in [-0.15, -0.1) is 6.42 Å². The molecule has 0 atom stereocenters. The van der Waals surface area contributed by atoms with Crippen LogP contribution in [0.2, 0.25) is 5.02 Å². The molecule has 0 saturated carbocycles. The van der Waals surface area contributed by atoms with E-state index in [9.17, 15) is 10.1 Å². The summed E-state index contributed by atoms with van der Waals surface area (Å²) in [6, 6.07) is 21.8. The number of nitrogens with one attached hydrogen (secondary N) is 1. The van der Waals surface area contributed by atoms with Crippen molar-refractivity contribution in [3.63, 3.8) is 0 Å². The van der Waals surface area contributed by atoms with E-state index in [1.165, 1.54) is 6.08 Å². The summed E-state index contributed by atoms with van der Waals surface area (Å²) in [5.74, 6) is 3.14. The fourth-order valence-corrected chi connectivity index (χ4v) is 3.35. The molecule has 0 unspecified atom stereocenters. The van der Waals surface area contributed by atoms with Crippen molar-refractivity contribution in [2.24, 2.45) is 0 Å². The third-order valence-corrected chi connectivity index (χ3v) is 4.95. The first-order valence-electron chi connectivity index (χ1n) is 10.8. The summed E-state index contributed by atoms with van der Waals surface area (Å²) in [5.41, 5.74) is 1.97. The van der Waals surface area contributed by atoms with Gasteiger partial charge in [-0.25, -0.2) is 0 Å². The first kappa shape index (κ1) is 25.2. The number of hydrogen-bond acceptors (Lipinski definition) is 5. The third kappa shape index (κ3) is 7.30. The number of hydrogen-bond donors (Lipinski definition) is 1. The molecule has 0 saturated heterocycles. The van der Waals surface area contributed by atoms with E-state index in [0.29, 0.717) is 41.7 Å². The van der Waals surface area contributed by atoms with Crippen molar-refractivity contribution in [1.82, 2.24) is 0 Å². The number of ether oxygens (including phenoxy) is 3. The van der Waals surface area contributed by atoms with Gasteiger partial charge in [-0.3, -0.25) is 4.79 Å². The maximum atomic E-state index is 12.7. The van der Waals surface area contributed by atoms with Gasteiger partial charge in [0.1, 0.15) is 30.6 Å². The Morgan fingerprint density at radius 3 is 2.49 bits per heavy atom. The van der Waals surface area contributed by atoms with Gasteiger partial charge in [-0.05, 0) is 60.5 Å². The Hall–Kier alpha value is -4.39. The lowest BCUT2D eigenvalue weighted by atomic mass is 10.1. The average molecular weight is 487 g/mol. The first-order valence-corrected chi connectivity index (χ1v) is 11.1.